The summed E-state index contributed by atoms with van der Waals surface area (Å²) in [5, 5.41) is 3.41. The Morgan fingerprint density at radius 3 is 2.61 bits per heavy atom. The summed E-state index contributed by atoms with van der Waals surface area (Å²) >= 11 is 3.45. The van der Waals surface area contributed by atoms with E-state index in [4.69, 9.17) is 4.74 Å². The molecule has 18 heavy (non-hydrogen) atoms. The zero-order chi connectivity index (χ0) is 13.8. The van der Waals surface area contributed by atoms with Crippen LogP contribution in [0.4, 0.5) is 0 Å². The van der Waals surface area contributed by atoms with Gasteiger partial charge < -0.3 is 10.1 Å². The topological polar surface area (TPSA) is 34.2 Å². The molecule has 0 radical (unpaired) electrons. The van der Waals surface area contributed by atoms with Crippen LogP contribution in [0.5, 0.6) is 5.88 Å². The van der Waals surface area contributed by atoms with E-state index in [1.165, 1.54) is 0 Å². The first-order valence-electron chi connectivity index (χ1n) is 6.32. The second-order valence-electron chi connectivity index (χ2n) is 5.86. The average Bonchev–Trinajstić information content (AvgIpc) is 2.19. The maximum atomic E-state index is 5.87. The van der Waals surface area contributed by atoms with Crippen LogP contribution in [0.15, 0.2) is 16.7 Å². The van der Waals surface area contributed by atoms with Gasteiger partial charge in [-0.05, 0) is 55.2 Å². The molecule has 1 aromatic heterocycles. The quantitative estimate of drug-likeness (QED) is 0.898. The van der Waals surface area contributed by atoms with E-state index in [0.29, 0.717) is 11.8 Å². The molecule has 1 heterocycles. The van der Waals surface area contributed by atoms with E-state index in [1.807, 2.05) is 20.8 Å². The fourth-order valence-corrected chi connectivity index (χ4v) is 1.85. The van der Waals surface area contributed by atoms with Crippen molar-refractivity contribution in [1.82, 2.24) is 10.3 Å². The van der Waals surface area contributed by atoms with E-state index in [2.05, 4.69) is 46.1 Å². The number of rotatable bonds is 5. The molecule has 0 aliphatic carbocycles. The summed E-state index contributed by atoms with van der Waals surface area (Å²) in [6.45, 7) is 12.2. The highest BCUT2D eigenvalue weighted by atomic mass is 79.9. The number of aromatic nitrogens is 1. The number of hydrogen-bond acceptors (Lipinski definition) is 3. The maximum Gasteiger partial charge on any atom is 0.218 e. The molecular formula is C14H23BrN2O. The van der Waals surface area contributed by atoms with E-state index in [9.17, 15) is 0 Å². The molecule has 0 bridgehead atoms. The number of ether oxygens (including phenoxy) is 1. The summed E-state index contributed by atoms with van der Waals surface area (Å²) in [6.07, 6.45) is 1.77. The van der Waals surface area contributed by atoms with Crippen molar-refractivity contribution in [2.45, 2.75) is 46.8 Å². The first-order valence-corrected chi connectivity index (χ1v) is 7.11. The lowest BCUT2D eigenvalue weighted by atomic mass is 10.2. The van der Waals surface area contributed by atoms with Gasteiger partial charge in [-0.15, -0.1) is 0 Å². The van der Waals surface area contributed by atoms with Gasteiger partial charge in [0.15, 0.2) is 0 Å². The Labute approximate surface area is 118 Å². The van der Waals surface area contributed by atoms with Gasteiger partial charge in [0.1, 0.15) is 5.60 Å². The molecule has 1 aromatic rings. The molecule has 0 atom stereocenters. The molecule has 0 fully saturated rings. The summed E-state index contributed by atoms with van der Waals surface area (Å²) in [5.74, 6) is 1.35. The molecule has 0 amide bonds. The summed E-state index contributed by atoms with van der Waals surface area (Å²) < 4.78 is 6.85. The van der Waals surface area contributed by atoms with Gasteiger partial charge in [-0.3, -0.25) is 0 Å². The molecule has 102 valence electrons. The molecule has 0 aliphatic heterocycles. The first-order chi connectivity index (χ1) is 8.28. The molecule has 0 unspecified atom stereocenters. The van der Waals surface area contributed by atoms with Gasteiger partial charge in [-0.1, -0.05) is 13.8 Å². The number of halogens is 1. The van der Waals surface area contributed by atoms with Crippen LogP contribution in [0.2, 0.25) is 0 Å². The van der Waals surface area contributed by atoms with Crippen molar-refractivity contribution in [2.75, 3.05) is 6.54 Å². The van der Waals surface area contributed by atoms with Crippen molar-refractivity contribution in [1.29, 1.82) is 0 Å². The molecule has 0 aliphatic rings. The van der Waals surface area contributed by atoms with Crippen molar-refractivity contribution in [3.8, 4) is 5.88 Å². The fraction of sp³-hybridized carbons (Fsp3) is 0.643. The third kappa shape index (κ3) is 5.83. The van der Waals surface area contributed by atoms with Crippen molar-refractivity contribution in [2.24, 2.45) is 5.92 Å². The van der Waals surface area contributed by atoms with Crippen molar-refractivity contribution in [3.63, 3.8) is 0 Å². The van der Waals surface area contributed by atoms with Gasteiger partial charge in [-0.25, -0.2) is 4.98 Å². The number of nitrogens with one attached hydrogen (secondary N) is 1. The van der Waals surface area contributed by atoms with E-state index in [0.717, 1.165) is 23.1 Å². The predicted octanol–water partition coefficient (Wildman–Crippen LogP) is 3.77. The van der Waals surface area contributed by atoms with Crippen molar-refractivity contribution < 1.29 is 4.74 Å². The smallest absolute Gasteiger partial charge is 0.218 e. The number of nitrogens with zero attached hydrogens (tertiary/aromatic N) is 1. The van der Waals surface area contributed by atoms with E-state index < -0.39 is 0 Å². The van der Waals surface area contributed by atoms with Crippen LogP contribution in [0.1, 0.15) is 40.2 Å². The normalized spacial score (nSPS) is 11.9. The second kappa shape index (κ2) is 6.53. The third-order valence-electron chi connectivity index (χ3n) is 2.16. The van der Waals surface area contributed by atoms with E-state index in [-0.39, 0.29) is 5.60 Å². The second-order valence-corrected chi connectivity index (χ2v) is 6.77. The lowest BCUT2D eigenvalue weighted by Gasteiger charge is -2.22. The minimum atomic E-state index is -0.229. The minimum absolute atomic E-state index is 0.229. The molecule has 0 saturated heterocycles. The van der Waals surface area contributed by atoms with E-state index in [1.54, 1.807) is 6.20 Å². The van der Waals surface area contributed by atoms with Crippen LogP contribution in [-0.2, 0) is 6.54 Å². The van der Waals surface area contributed by atoms with Crippen molar-refractivity contribution >= 4 is 15.9 Å². The Morgan fingerprint density at radius 2 is 2.06 bits per heavy atom. The van der Waals surface area contributed by atoms with Gasteiger partial charge in [0.05, 0.1) is 0 Å². The largest absolute Gasteiger partial charge is 0.472 e. The Kier molecular flexibility index (Phi) is 5.60. The standard InChI is InChI=1S/C14H23BrN2O/c1-10(2)7-16-8-11-6-12(15)9-17-13(11)18-14(3,4)5/h6,9-10,16H,7-8H2,1-5H3. The predicted molar refractivity (Wildman–Crippen MR) is 78.9 cm³/mol. The Balaban J connectivity index is 2.77. The molecule has 1 rings (SSSR count). The van der Waals surface area contributed by atoms with E-state index >= 15 is 0 Å². The highest BCUT2D eigenvalue weighted by Crippen LogP contribution is 2.23. The highest BCUT2D eigenvalue weighted by molar-refractivity contribution is 9.10. The molecule has 3 nitrogen and oxygen atoms in total. The molecule has 0 spiro atoms. The lowest BCUT2D eigenvalue weighted by molar-refractivity contribution is 0.122. The zero-order valence-corrected chi connectivity index (χ0v) is 13.5. The fourth-order valence-electron chi connectivity index (χ4n) is 1.47. The highest BCUT2D eigenvalue weighted by Gasteiger charge is 2.16. The molecule has 1 N–H and O–H groups in total. The van der Waals surface area contributed by atoms with Crippen LogP contribution in [0.25, 0.3) is 0 Å². The SMILES string of the molecule is CC(C)CNCc1cc(Br)cnc1OC(C)(C)C. The monoisotopic (exact) mass is 314 g/mol. The van der Waals surface area contributed by atoms with Crippen LogP contribution >= 0.6 is 15.9 Å². The van der Waals surface area contributed by atoms with Gasteiger partial charge in [0.2, 0.25) is 5.88 Å². The Bertz CT molecular complexity index is 386. The van der Waals surface area contributed by atoms with Gasteiger partial charge >= 0.3 is 0 Å². The summed E-state index contributed by atoms with van der Waals surface area (Å²) in [5.41, 5.74) is 0.855. The van der Waals surface area contributed by atoms with Crippen LogP contribution < -0.4 is 10.1 Å². The summed E-state index contributed by atoms with van der Waals surface area (Å²) in [6, 6.07) is 2.06. The van der Waals surface area contributed by atoms with Crippen LogP contribution in [0, 0.1) is 5.92 Å². The lowest BCUT2D eigenvalue weighted by Crippen LogP contribution is -2.25. The summed E-state index contributed by atoms with van der Waals surface area (Å²) in [4.78, 5) is 4.35. The number of hydrogen-bond donors (Lipinski definition) is 1. The average molecular weight is 315 g/mol. The number of pyridine rings is 1. The third-order valence-corrected chi connectivity index (χ3v) is 2.60. The minimum Gasteiger partial charge on any atom is -0.472 e. The van der Waals surface area contributed by atoms with Crippen molar-refractivity contribution in [3.05, 3.63) is 22.3 Å². The van der Waals surface area contributed by atoms with Gasteiger partial charge in [-0.2, -0.15) is 0 Å². The molecule has 4 heteroatoms. The summed E-state index contributed by atoms with van der Waals surface area (Å²) in [7, 11) is 0. The van der Waals surface area contributed by atoms with Crippen LogP contribution in [-0.4, -0.2) is 17.1 Å². The van der Waals surface area contributed by atoms with Gasteiger partial charge in [0, 0.05) is 22.8 Å². The molecule has 0 saturated carbocycles. The van der Waals surface area contributed by atoms with Gasteiger partial charge in [0.25, 0.3) is 0 Å². The zero-order valence-electron chi connectivity index (χ0n) is 11.9. The first kappa shape index (κ1) is 15.4. The molecule has 0 aromatic carbocycles. The molecular weight excluding hydrogens is 292 g/mol. The Morgan fingerprint density at radius 1 is 1.39 bits per heavy atom. The van der Waals surface area contributed by atoms with Crippen LogP contribution in [0.3, 0.4) is 0 Å². The maximum absolute atomic E-state index is 5.87. The Hall–Kier alpha value is -0.610.